The molecule has 5 nitrogen and oxygen atoms in total. The van der Waals surface area contributed by atoms with Crippen molar-refractivity contribution in [2.75, 3.05) is 12.5 Å². The molecule has 1 aliphatic heterocycles. The maximum Gasteiger partial charge on any atom is 0.267 e. The zero-order chi connectivity index (χ0) is 13.9. The molecule has 0 radical (unpaired) electrons. The second kappa shape index (κ2) is 5.79. The Balaban J connectivity index is 1.97. The van der Waals surface area contributed by atoms with E-state index in [1.165, 1.54) is 0 Å². The summed E-state index contributed by atoms with van der Waals surface area (Å²) in [5.74, 6) is 1.47. The molecule has 0 amide bonds. The van der Waals surface area contributed by atoms with Crippen LogP contribution in [0.3, 0.4) is 0 Å². The van der Waals surface area contributed by atoms with Crippen molar-refractivity contribution in [3.05, 3.63) is 23.8 Å². The lowest BCUT2D eigenvalue weighted by Gasteiger charge is -2.13. The number of fused-ring (bicyclic) bond motifs is 1. The Morgan fingerprint density at radius 2 is 2.05 bits per heavy atom. The van der Waals surface area contributed by atoms with Crippen LogP contribution in [0.25, 0.3) is 0 Å². The average Bonchev–Trinajstić information content (AvgIpc) is 2.74. The Kier molecular flexibility index (Phi) is 4.31. The van der Waals surface area contributed by atoms with Gasteiger partial charge in [-0.15, -0.1) is 0 Å². The fourth-order valence-electron chi connectivity index (χ4n) is 1.98. The molecule has 0 spiro atoms. The van der Waals surface area contributed by atoms with Gasteiger partial charge in [0.1, 0.15) is 0 Å². The van der Waals surface area contributed by atoms with E-state index in [9.17, 15) is 8.42 Å². The van der Waals surface area contributed by atoms with Crippen molar-refractivity contribution in [2.45, 2.75) is 32.8 Å². The molecular weight excluding hydrogens is 268 g/mol. The second-order valence-corrected chi connectivity index (χ2v) is 6.28. The van der Waals surface area contributed by atoms with Crippen molar-refractivity contribution in [3.8, 4) is 11.5 Å². The summed E-state index contributed by atoms with van der Waals surface area (Å²) in [6.45, 7) is 3.79. The highest BCUT2D eigenvalue weighted by atomic mass is 32.2. The number of hydrogen-bond acceptors (Lipinski definition) is 5. The predicted octanol–water partition coefficient (Wildman–Crippen LogP) is 2.10. The largest absolute Gasteiger partial charge is 0.454 e. The monoisotopic (exact) mass is 286 g/mol. The minimum Gasteiger partial charge on any atom is -0.454 e. The maximum atomic E-state index is 11.6. The van der Waals surface area contributed by atoms with Crippen LogP contribution in [0, 0.1) is 0 Å². The lowest BCUT2D eigenvalue weighted by atomic mass is 10.1. The van der Waals surface area contributed by atoms with E-state index in [4.69, 9.17) is 13.7 Å². The van der Waals surface area contributed by atoms with E-state index in [-0.39, 0.29) is 12.5 Å². The third kappa shape index (κ3) is 3.84. The number of hydrogen-bond donors (Lipinski definition) is 0. The van der Waals surface area contributed by atoms with E-state index in [2.05, 4.69) is 0 Å². The minimum atomic E-state index is -3.42. The maximum absolute atomic E-state index is 11.6. The molecule has 0 aliphatic carbocycles. The third-order valence-electron chi connectivity index (χ3n) is 2.73. The molecule has 1 atom stereocenters. The average molecular weight is 286 g/mol. The minimum absolute atomic E-state index is 0.0540. The summed E-state index contributed by atoms with van der Waals surface area (Å²) >= 11 is 0. The van der Waals surface area contributed by atoms with E-state index < -0.39 is 16.2 Å². The van der Waals surface area contributed by atoms with Gasteiger partial charge in [-0.05, 0) is 37.5 Å². The summed E-state index contributed by atoms with van der Waals surface area (Å²) in [6, 6.07) is 5.57. The Bertz CT molecular complexity index is 538. The highest BCUT2D eigenvalue weighted by Gasteiger charge is 2.18. The lowest BCUT2D eigenvalue weighted by Crippen LogP contribution is -2.19. The van der Waals surface area contributed by atoms with Gasteiger partial charge >= 0.3 is 0 Å². The summed E-state index contributed by atoms with van der Waals surface area (Å²) in [6.07, 6.45) is 0.676. The van der Waals surface area contributed by atoms with Crippen molar-refractivity contribution in [1.29, 1.82) is 0 Å². The first-order valence-electron chi connectivity index (χ1n) is 6.29. The van der Waals surface area contributed by atoms with Crippen LogP contribution in [-0.2, 0) is 20.7 Å². The van der Waals surface area contributed by atoms with Crippen molar-refractivity contribution < 1.29 is 22.1 Å². The molecule has 0 saturated heterocycles. The SMILES string of the molecule is CCCS(=O)(=O)O[C@H](C)Cc1ccc2c(c1)OCO2. The topological polar surface area (TPSA) is 61.8 Å². The molecule has 1 aromatic carbocycles. The van der Waals surface area contributed by atoms with Crippen molar-refractivity contribution >= 4 is 10.1 Å². The molecule has 19 heavy (non-hydrogen) atoms. The Labute approximate surface area is 113 Å². The van der Waals surface area contributed by atoms with Crippen LogP contribution < -0.4 is 9.47 Å². The van der Waals surface area contributed by atoms with Crippen LogP contribution in [0.5, 0.6) is 11.5 Å². The van der Waals surface area contributed by atoms with Gasteiger partial charge in [0, 0.05) is 0 Å². The molecule has 6 heteroatoms. The van der Waals surface area contributed by atoms with Gasteiger partial charge in [-0.3, -0.25) is 4.18 Å². The number of rotatable bonds is 6. The van der Waals surface area contributed by atoms with Crippen LogP contribution in [0.4, 0.5) is 0 Å². The molecule has 2 rings (SSSR count). The first-order chi connectivity index (χ1) is 9.00. The fraction of sp³-hybridized carbons (Fsp3) is 0.538. The normalized spacial score (nSPS) is 15.5. The van der Waals surface area contributed by atoms with Gasteiger partial charge < -0.3 is 9.47 Å². The quantitative estimate of drug-likeness (QED) is 0.749. The molecule has 0 unspecified atom stereocenters. The van der Waals surface area contributed by atoms with Gasteiger partial charge in [0.25, 0.3) is 10.1 Å². The summed E-state index contributed by atoms with van der Waals surface area (Å²) in [7, 11) is -3.42. The number of benzene rings is 1. The Hall–Kier alpha value is -1.27. The van der Waals surface area contributed by atoms with Gasteiger partial charge in [0.2, 0.25) is 6.79 Å². The number of ether oxygens (including phenoxy) is 2. The van der Waals surface area contributed by atoms with E-state index >= 15 is 0 Å². The highest BCUT2D eigenvalue weighted by molar-refractivity contribution is 7.86. The fourth-order valence-corrected chi connectivity index (χ4v) is 3.15. The molecule has 1 aliphatic rings. The molecule has 0 fully saturated rings. The molecule has 0 aromatic heterocycles. The van der Waals surface area contributed by atoms with E-state index in [0.29, 0.717) is 18.6 Å². The third-order valence-corrected chi connectivity index (χ3v) is 4.26. The van der Waals surface area contributed by atoms with E-state index in [1.807, 2.05) is 25.1 Å². The summed E-state index contributed by atoms with van der Waals surface area (Å²) < 4.78 is 38.7. The molecule has 1 aromatic rings. The molecule has 106 valence electrons. The molecule has 0 saturated carbocycles. The summed E-state index contributed by atoms with van der Waals surface area (Å²) in [5, 5.41) is 0. The zero-order valence-electron chi connectivity index (χ0n) is 11.1. The zero-order valence-corrected chi connectivity index (χ0v) is 11.9. The smallest absolute Gasteiger partial charge is 0.267 e. The second-order valence-electron chi connectivity index (χ2n) is 4.56. The van der Waals surface area contributed by atoms with Crippen molar-refractivity contribution in [3.63, 3.8) is 0 Å². The Morgan fingerprint density at radius 1 is 1.32 bits per heavy atom. The molecular formula is C13H18O5S. The first-order valence-corrected chi connectivity index (χ1v) is 7.87. The van der Waals surface area contributed by atoms with E-state index in [1.54, 1.807) is 6.92 Å². The van der Waals surface area contributed by atoms with Gasteiger partial charge in [0.15, 0.2) is 11.5 Å². The first kappa shape index (κ1) is 14.1. The van der Waals surface area contributed by atoms with Crippen LogP contribution in [0.1, 0.15) is 25.8 Å². The van der Waals surface area contributed by atoms with Gasteiger partial charge in [-0.25, -0.2) is 0 Å². The molecule has 1 heterocycles. The summed E-state index contributed by atoms with van der Waals surface area (Å²) in [5.41, 5.74) is 0.962. The summed E-state index contributed by atoms with van der Waals surface area (Å²) in [4.78, 5) is 0. The van der Waals surface area contributed by atoms with Gasteiger partial charge in [-0.1, -0.05) is 13.0 Å². The Morgan fingerprint density at radius 3 is 2.79 bits per heavy atom. The van der Waals surface area contributed by atoms with E-state index in [0.717, 1.165) is 11.3 Å². The van der Waals surface area contributed by atoms with Gasteiger partial charge in [0.05, 0.1) is 11.9 Å². The van der Waals surface area contributed by atoms with Gasteiger partial charge in [-0.2, -0.15) is 8.42 Å². The van der Waals surface area contributed by atoms with Crippen LogP contribution in [0.15, 0.2) is 18.2 Å². The van der Waals surface area contributed by atoms with Crippen LogP contribution in [-0.4, -0.2) is 27.1 Å². The molecule has 0 N–H and O–H groups in total. The lowest BCUT2D eigenvalue weighted by molar-refractivity contribution is 0.174. The molecule has 0 bridgehead atoms. The van der Waals surface area contributed by atoms with Crippen LogP contribution in [0.2, 0.25) is 0 Å². The van der Waals surface area contributed by atoms with Crippen molar-refractivity contribution in [1.82, 2.24) is 0 Å². The highest BCUT2D eigenvalue weighted by Crippen LogP contribution is 2.32. The van der Waals surface area contributed by atoms with Crippen molar-refractivity contribution in [2.24, 2.45) is 0 Å². The predicted molar refractivity (Wildman–Crippen MR) is 70.9 cm³/mol. The van der Waals surface area contributed by atoms with Crippen LogP contribution >= 0.6 is 0 Å². The standard InChI is InChI=1S/C13H18O5S/c1-3-6-19(14,15)18-10(2)7-11-4-5-12-13(8-11)17-9-16-12/h4-5,8,10H,3,6-7,9H2,1-2H3/t10-/m1/s1.